The first-order valence-corrected chi connectivity index (χ1v) is 11.8. The molecule has 166 valence electrons. The van der Waals surface area contributed by atoms with Gasteiger partial charge in [-0.05, 0) is 68.5 Å². The molecule has 1 aliphatic rings. The lowest BCUT2D eigenvalue weighted by atomic mass is 10.2. The standard InChI is InChI=1S/C21H25N3O5S2/c1-14-11-23(12-15(2)28-14)13-24-19-10-18(8-9-20(19)29-21(24)30)31(25,26)22-16-4-6-17(27-3)7-5-16/h4-10,14-15,22H,11-13H2,1-3H3/t14-,15-/m0/s1. The first kappa shape index (κ1) is 21.8. The van der Waals surface area contributed by atoms with Crippen LogP contribution in [0.15, 0.2) is 51.8 Å². The Hall–Kier alpha value is -2.40. The van der Waals surface area contributed by atoms with Gasteiger partial charge in [-0.2, -0.15) is 0 Å². The van der Waals surface area contributed by atoms with Gasteiger partial charge in [-0.1, -0.05) is 0 Å². The van der Waals surface area contributed by atoms with E-state index in [0.29, 0.717) is 34.0 Å². The average molecular weight is 464 g/mol. The molecule has 0 amide bonds. The summed E-state index contributed by atoms with van der Waals surface area (Å²) in [6.45, 7) is 6.08. The summed E-state index contributed by atoms with van der Waals surface area (Å²) in [4.78, 5) is 2.66. The summed E-state index contributed by atoms with van der Waals surface area (Å²) in [5.41, 5.74) is 1.62. The summed E-state index contributed by atoms with van der Waals surface area (Å²) in [5, 5.41) is 0. The van der Waals surface area contributed by atoms with Crippen molar-refractivity contribution >= 4 is 39.0 Å². The molecule has 0 bridgehead atoms. The number of ether oxygens (including phenoxy) is 2. The van der Waals surface area contributed by atoms with E-state index in [1.165, 1.54) is 6.07 Å². The minimum Gasteiger partial charge on any atom is -0.497 e. The maximum atomic E-state index is 13.0. The fraction of sp³-hybridized carbons (Fsp3) is 0.381. The zero-order valence-electron chi connectivity index (χ0n) is 17.6. The SMILES string of the molecule is COc1ccc(NS(=O)(=O)c2ccc3oc(=S)n(CN4C[C@H](C)O[C@@H](C)C4)c3c2)cc1. The van der Waals surface area contributed by atoms with Crippen LogP contribution in [0.5, 0.6) is 5.75 Å². The molecule has 0 radical (unpaired) electrons. The monoisotopic (exact) mass is 463 g/mol. The van der Waals surface area contributed by atoms with E-state index in [4.69, 9.17) is 26.1 Å². The smallest absolute Gasteiger partial charge is 0.270 e. The lowest BCUT2D eigenvalue weighted by Crippen LogP contribution is -2.45. The molecule has 2 aromatic carbocycles. The minimum absolute atomic E-state index is 0.112. The minimum atomic E-state index is -3.80. The van der Waals surface area contributed by atoms with Crippen LogP contribution in [0.25, 0.3) is 11.1 Å². The maximum absolute atomic E-state index is 13.0. The average Bonchev–Trinajstić information content (AvgIpc) is 3.02. The maximum Gasteiger partial charge on any atom is 0.270 e. The molecule has 2 atom stereocenters. The van der Waals surface area contributed by atoms with Gasteiger partial charge in [0.2, 0.25) is 0 Å². The Morgan fingerprint density at radius 2 is 1.81 bits per heavy atom. The second-order valence-electron chi connectivity index (χ2n) is 7.69. The van der Waals surface area contributed by atoms with Crippen LogP contribution in [0.4, 0.5) is 5.69 Å². The zero-order valence-corrected chi connectivity index (χ0v) is 19.2. The number of aromatic nitrogens is 1. The van der Waals surface area contributed by atoms with Gasteiger partial charge < -0.3 is 13.9 Å². The second kappa shape index (κ2) is 8.62. The van der Waals surface area contributed by atoms with E-state index in [0.717, 1.165) is 13.1 Å². The number of sulfonamides is 1. The number of nitrogens with zero attached hydrogens (tertiary/aromatic N) is 2. The van der Waals surface area contributed by atoms with Crippen molar-refractivity contribution in [3.63, 3.8) is 0 Å². The lowest BCUT2D eigenvalue weighted by Gasteiger charge is -2.35. The number of morpholine rings is 1. The Bertz CT molecular complexity index is 1220. The molecule has 4 rings (SSSR count). The number of hydrogen-bond donors (Lipinski definition) is 1. The van der Waals surface area contributed by atoms with Crippen LogP contribution in [0, 0.1) is 4.84 Å². The summed E-state index contributed by atoms with van der Waals surface area (Å²) in [5.74, 6) is 0.647. The Labute approximate surface area is 186 Å². The summed E-state index contributed by atoms with van der Waals surface area (Å²) >= 11 is 5.41. The Balaban J connectivity index is 1.63. The number of oxazole rings is 1. The fourth-order valence-corrected chi connectivity index (χ4v) is 5.14. The largest absolute Gasteiger partial charge is 0.497 e. The molecule has 1 fully saturated rings. The molecule has 1 aromatic heterocycles. The van der Waals surface area contributed by atoms with Gasteiger partial charge in [0.1, 0.15) is 5.75 Å². The highest BCUT2D eigenvalue weighted by Gasteiger charge is 2.24. The van der Waals surface area contributed by atoms with Crippen LogP contribution < -0.4 is 9.46 Å². The third kappa shape index (κ3) is 4.77. The summed E-state index contributed by atoms with van der Waals surface area (Å²) < 4.78 is 46.9. The van der Waals surface area contributed by atoms with Crippen molar-refractivity contribution in [1.29, 1.82) is 0 Å². The van der Waals surface area contributed by atoms with Crippen molar-refractivity contribution in [1.82, 2.24) is 9.47 Å². The summed E-state index contributed by atoms with van der Waals surface area (Å²) in [7, 11) is -2.24. The Morgan fingerprint density at radius 3 is 2.45 bits per heavy atom. The van der Waals surface area contributed by atoms with Gasteiger partial charge in [-0.3, -0.25) is 14.2 Å². The molecule has 2 heterocycles. The second-order valence-corrected chi connectivity index (χ2v) is 9.73. The lowest BCUT2D eigenvalue weighted by molar-refractivity contribution is -0.0764. The number of benzene rings is 2. The topological polar surface area (TPSA) is 85.9 Å². The van der Waals surface area contributed by atoms with Crippen LogP contribution in [0.2, 0.25) is 0 Å². The Morgan fingerprint density at radius 1 is 1.13 bits per heavy atom. The van der Waals surface area contributed by atoms with E-state index < -0.39 is 10.0 Å². The molecule has 31 heavy (non-hydrogen) atoms. The number of fused-ring (bicyclic) bond motifs is 1. The molecule has 0 saturated carbocycles. The predicted octanol–water partition coefficient (Wildman–Crippen LogP) is 3.84. The molecule has 3 aromatic rings. The highest BCUT2D eigenvalue weighted by molar-refractivity contribution is 7.92. The van der Waals surface area contributed by atoms with Crippen LogP contribution in [-0.4, -0.2) is 50.3 Å². The van der Waals surface area contributed by atoms with Crippen LogP contribution in [0.1, 0.15) is 13.8 Å². The van der Waals surface area contributed by atoms with Crippen molar-refractivity contribution in [2.24, 2.45) is 0 Å². The first-order valence-electron chi connectivity index (χ1n) is 9.93. The molecule has 0 unspecified atom stereocenters. The van der Waals surface area contributed by atoms with Gasteiger partial charge in [0.25, 0.3) is 14.9 Å². The predicted molar refractivity (Wildman–Crippen MR) is 120 cm³/mol. The highest BCUT2D eigenvalue weighted by atomic mass is 32.2. The summed E-state index contributed by atoms with van der Waals surface area (Å²) in [6, 6.07) is 11.4. The van der Waals surface area contributed by atoms with Gasteiger partial charge in [0, 0.05) is 18.8 Å². The molecule has 1 saturated heterocycles. The first-order chi connectivity index (χ1) is 14.7. The molecule has 10 heteroatoms. The van der Waals surface area contributed by atoms with Crippen LogP contribution in [-0.2, 0) is 21.4 Å². The van der Waals surface area contributed by atoms with E-state index in [1.54, 1.807) is 43.5 Å². The van der Waals surface area contributed by atoms with Crippen molar-refractivity contribution in [2.75, 3.05) is 24.9 Å². The van der Waals surface area contributed by atoms with E-state index in [1.807, 2.05) is 18.4 Å². The molecule has 0 spiro atoms. The summed E-state index contributed by atoms with van der Waals surface area (Å²) in [6.07, 6.45) is 0.224. The quantitative estimate of drug-likeness (QED) is 0.556. The molecule has 0 aliphatic carbocycles. The van der Waals surface area contributed by atoms with Gasteiger partial charge in [0.05, 0.1) is 36.4 Å². The molecule has 8 nitrogen and oxygen atoms in total. The van der Waals surface area contributed by atoms with E-state index in [9.17, 15) is 8.42 Å². The van der Waals surface area contributed by atoms with Crippen molar-refractivity contribution < 1.29 is 22.3 Å². The van der Waals surface area contributed by atoms with Crippen molar-refractivity contribution in [3.8, 4) is 5.75 Å². The third-order valence-corrected chi connectivity index (χ3v) is 6.81. The molecular weight excluding hydrogens is 438 g/mol. The molecular formula is C21H25N3O5S2. The van der Waals surface area contributed by atoms with Gasteiger partial charge in [-0.15, -0.1) is 0 Å². The van der Waals surface area contributed by atoms with Gasteiger partial charge in [0.15, 0.2) is 5.58 Å². The number of nitrogens with one attached hydrogen (secondary N) is 1. The molecule has 1 N–H and O–H groups in total. The number of anilines is 1. The van der Waals surface area contributed by atoms with Crippen LogP contribution in [0.3, 0.4) is 0 Å². The Kier molecular flexibility index (Phi) is 6.07. The highest BCUT2D eigenvalue weighted by Crippen LogP contribution is 2.25. The molecule has 1 aliphatic heterocycles. The van der Waals surface area contributed by atoms with Crippen LogP contribution >= 0.6 is 12.2 Å². The van der Waals surface area contributed by atoms with Crippen molar-refractivity contribution in [3.05, 3.63) is 47.3 Å². The van der Waals surface area contributed by atoms with E-state index in [-0.39, 0.29) is 17.1 Å². The fourth-order valence-electron chi connectivity index (χ4n) is 3.82. The van der Waals surface area contributed by atoms with E-state index >= 15 is 0 Å². The number of methoxy groups -OCH3 is 1. The third-order valence-electron chi connectivity index (χ3n) is 5.13. The van der Waals surface area contributed by atoms with Gasteiger partial charge in [-0.25, -0.2) is 8.42 Å². The van der Waals surface area contributed by atoms with E-state index in [2.05, 4.69) is 9.62 Å². The zero-order chi connectivity index (χ0) is 22.2. The normalized spacial score (nSPS) is 20.1. The number of hydrogen-bond acceptors (Lipinski definition) is 7. The number of rotatable bonds is 6. The van der Waals surface area contributed by atoms with Crippen molar-refractivity contribution in [2.45, 2.75) is 37.6 Å². The van der Waals surface area contributed by atoms with Gasteiger partial charge >= 0.3 is 0 Å².